The summed E-state index contributed by atoms with van der Waals surface area (Å²) in [5.41, 5.74) is 0.623. The van der Waals surface area contributed by atoms with Gasteiger partial charge in [-0.25, -0.2) is 4.39 Å². The predicted octanol–water partition coefficient (Wildman–Crippen LogP) is 2.98. The number of halogens is 2. The molecule has 0 amide bonds. The van der Waals surface area contributed by atoms with Crippen LogP contribution in [0.2, 0.25) is 5.02 Å². The largest absolute Gasteiger partial charge is 0.303 e. The molecule has 3 heteroatoms. The highest BCUT2D eigenvalue weighted by molar-refractivity contribution is 6.30. The van der Waals surface area contributed by atoms with Crippen molar-refractivity contribution in [2.75, 3.05) is 0 Å². The standard InChI is InChI=1S/C10H10ClFO/c1-7(12)10(6-13)8-3-2-4-9(11)5-8/h2-7,10H,1H3. The number of carbonyl (C=O) groups excluding carboxylic acids is 1. The first-order valence-corrected chi connectivity index (χ1v) is 4.37. The van der Waals surface area contributed by atoms with Crippen LogP contribution >= 0.6 is 11.6 Å². The molecule has 1 nitrogen and oxygen atoms in total. The summed E-state index contributed by atoms with van der Waals surface area (Å²) >= 11 is 5.71. The van der Waals surface area contributed by atoms with Crippen molar-refractivity contribution in [1.29, 1.82) is 0 Å². The van der Waals surface area contributed by atoms with Crippen LogP contribution in [0.1, 0.15) is 18.4 Å². The van der Waals surface area contributed by atoms with Gasteiger partial charge in [0.05, 0.1) is 5.92 Å². The maximum Gasteiger partial charge on any atom is 0.130 e. The van der Waals surface area contributed by atoms with Crippen molar-refractivity contribution < 1.29 is 9.18 Å². The van der Waals surface area contributed by atoms with Crippen LogP contribution in [0.4, 0.5) is 4.39 Å². The van der Waals surface area contributed by atoms with Gasteiger partial charge in [-0.1, -0.05) is 23.7 Å². The zero-order valence-corrected chi connectivity index (χ0v) is 7.96. The number of hydrogen-bond donors (Lipinski definition) is 0. The van der Waals surface area contributed by atoms with Crippen molar-refractivity contribution >= 4 is 17.9 Å². The average Bonchev–Trinajstić information content (AvgIpc) is 2.04. The summed E-state index contributed by atoms with van der Waals surface area (Å²) in [5.74, 6) is -0.710. The summed E-state index contributed by atoms with van der Waals surface area (Å²) in [6, 6.07) is 6.70. The molecule has 0 bridgehead atoms. The highest BCUT2D eigenvalue weighted by atomic mass is 35.5. The molecule has 0 saturated heterocycles. The molecule has 0 aliphatic heterocycles. The molecule has 0 radical (unpaired) electrons. The van der Waals surface area contributed by atoms with E-state index >= 15 is 0 Å². The van der Waals surface area contributed by atoms with Gasteiger partial charge < -0.3 is 4.79 Å². The van der Waals surface area contributed by atoms with Gasteiger partial charge in [-0.05, 0) is 24.6 Å². The van der Waals surface area contributed by atoms with E-state index in [2.05, 4.69) is 0 Å². The van der Waals surface area contributed by atoms with Crippen LogP contribution < -0.4 is 0 Å². The Hall–Kier alpha value is -0.890. The predicted molar refractivity (Wildman–Crippen MR) is 50.8 cm³/mol. The molecule has 2 unspecified atom stereocenters. The first-order valence-electron chi connectivity index (χ1n) is 4.00. The molecule has 0 heterocycles. The Balaban J connectivity index is 2.98. The normalized spacial score (nSPS) is 15.0. The number of rotatable bonds is 3. The first kappa shape index (κ1) is 10.2. The van der Waals surface area contributed by atoms with Gasteiger partial charge in [0.15, 0.2) is 0 Å². The zero-order chi connectivity index (χ0) is 9.84. The van der Waals surface area contributed by atoms with Crippen LogP contribution in [0, 0.1) is 0 Å². The SMILES string of the molecule is CC(F)C(C=O)c1cccc(Cl)c1. The molecule has 70 valence electrons. The van der Waals surface area contributed by atoms with E-state index in [9.17, 15) is 9.18 Å². The molecule has 1 rings (SSSR count). The topological polar surface area (TPSA) is 17.1 Å². The fourth-order valence-electron chi connectivity index (χ4n) is 1.17. The second-order valence-corrected chi connectivity index (χ2v) is 3.33. The van der Waals surface area contributed by atoms with Gasteiger partial charge in [0, 0.05) is 5.02 Å². The third-order valence-electron chi connectivity index (χ3n) is 1.88. The average molecular weight is 201 g/mol. The maximum atomic E-state index is 12.9. The molecule has 0 aromatic heterocycles. The van der Waals surface area contributed by atoms with Crippen molar-refractivity contribution in [3.05, 3.63) is 34.9 Å². The molecule has 1 aromatic carbocycles. The van der Waals surface area contributed by atoms with Crippen molar-refractivity contribution in [3.63, 3.8) is 0 Å². The van der Waals surface area contributed by atoms with Crippen LogP contribution in [0.25, 0.3) is 0 Å². The zero-order valence-electron chi connectivity index (χ0n) is 7.21. The third kappa shape index (κ3) is 2.52. The van der Waals surface area contributed by atoms with Crippen LogP contribution in [-0.2, 0) is 4.79 Å². The molecule has 0 aliphatic rings. The van der Waals surface area contributed by atoms with Gasteiger partial charge in [0.25, 0.3) is 0 Å². The third-order valence-corrected chi connectivity index (χ3v) is 2.11. The lowest BCUT2D eigenvalue weighted by atomic mass is 9.97. The molecule has 1 aromatic rings. The molecule has 13 heavy (non-hydrogen) atoms. The molecular weight excluding hydrogens is 191 g/mol. The number of aldehydes is 1. The number of carbonyl (C=O) groups is 1. The van der Waals surface area contributed by atoms with Gasteiger partial charge in [-0.3, -0.25) is 0 Å². The summed E-state index contributed by atoms with van der Waals surface area (Å²) in [4.78, 5) is 10.6. The summed E-state index contributed by atoms with van der Waals surface area (Å²) in [6.45, 7) is 1.36. The lowest BCUT2D eigenvalue weighted by Crippen LogP contribution is -2.11. The number of hydrogen-bond acceptors (Lipinski definition) is 1. The Morgan fingerprint density at radius 1 is 1.54 bits per heavy atom. The van der Waals surface area contributed by atoms with Crippen molar-refractivity contribution in [2.24, 2.45) is 0 Å². The molecular formula is C10H10ClFO. The molecule has 0 aliphatic carbocycles. The second kappa shape index (κ2) is 4.38. The smallest absolute Gasteiger partial charge is 0.130 e. The van der Waals surface area contributed by atoms with Crippen LogP contribution in [0.5, 0.6) is 0 Å². The van der Waals surface area contributed by atoms with Gasteiger partial charge >= 0.3 is 0 Å². The van der Waals surface area contributed by atoms with Crippen molar-refractivity contribution in [2.45, 2.75) is 19.0 Å². The molecule has 0 spiro atoms. The Kier molecular flexibility index (Phi) is 3.43. The van der Waals surface area contributed by atoms with E-state index in [-0.39, 0.29) is 0 Å². The van der Waals surface area contributed by atoms with E-state index in [0.29, 0.717) is 16.9 Å². The highest BCUT2D eigenvalue weighted by Gasteiger charge is 2.17. The molecule has 0 fully saturated rings. The fourth-order valence-corrected chi connectivity index (χ4v) is 1.36. The lowest BCUT2D eigenvalue weighted by Gasteiger charge is -2.11. The Labute approximate surface area is 81.5 Å². The van der Waals surface area contributed by atoms with E-state index in [4.69, 9.17) is 11.6 Å². The fraction of sp³-hybridized carbons (Fsp3) is 0.300. The minimum absolute atomic E-state index is 0.519. The number of benzene rings is 1. The molecule has 0 saturated carbocycles. The Morgan fingerprint density at radius 3 is 2.69 bits per heavy atom. The van der Waals surface area contributed by atoms with Gasteiger partial charge in [0.2, 0.25) is 0 Å². The molecule has 0 N–H and O–H groups in total. The second-order valence-electron chi connectivity index (χ2n) is 2.89. The monoisotopic (exact) mass is 200 g/mol. The maximum absolute atomic E-state index is 12.9. The molecule has 2 atom stereocenters. The minimum Gasteiger partial charge on any atom is -0.303 e. The van der Waals surface area contributed by atoms with Gasteiger partial charge in [-0.15, -0.1) is 0 Å². The first-order chi connectivity index (χ1) is 6.15. The van der Waals surface area contributed by atoms with E-state index in [0.717, 1.165) is 0 Å². The minimum atomic E-state index is -1.18. The quantitative estimate of drug-likeness (QED) is 0.686. The Morgan fingerprint density at radius 2 is 2.23 bits per heavy atom. The highest BCUT2D eigenvalue weighted by Crippen LogP contribution is 2.22. The van der Waals surface area contributed by atoms with Crippen molar-refractivity contribution in [1.82, 2.24) is 0 Å². The van der Waals surface area contributed by atoms with E-state index in [1.165, 1.54) is 6.92 Å². The van der Waals surface area contributed by atoms with Crippen LogP contribution in [0.15, 0.2) is 24.3 Å². The van der Waals surface area contributed by atoms with Crippen LogP contribution in [-0.4, -0.2) is 12.5 Å². The van der Waals surface area contributed by atoms with Crippen molar-refractivity contribution in [3.8, 4) is 0 Å². The van der Waals surface area contributed by atoms with E-state index < -0.39 is 12.1 Å². The van der Waals surface area contributed by atoms with Gasteiger partial charge in [0.1, 0.15) is 12.5 Å². The summed E-state index contributed by atoms with van der Waals surface area (Å²) < 4.78 is 12.9. The van der Waals surface area contributed by atoms with E-state index in [1.54, 1.807) is 24.3 Å². The van der Waals surface area contributed by atoms with Gasteiger partial charge in [-0.2, -0.15) is 0 Å². The lowest BCUT2D eigenvalue weighted by molar-refractivity contribution is -0.110. The van der Waals surface area contributed by atoms with E-state index in [1.807, 2.05) is 0 Å². The Bertz CT molecular complexity index is 299. The summed E-state index contributed by atoms with van der Waals surface area (Å²) in [7, 11) is 0. The summed E-state index contributed by atoms with van der Waals surface area (Å²) in [5, 5.41) is 0.519. The van der Waals surface area contributed by atoms with Crippen LogP contribution in [0.3, 0.4) is 0 Å². The summed E-state index contributed by atoms with van der Waals surface area (Å²) in [6.07, 6.45) is -0.577. The number of alkyl halides is 1.